The molecule has 19 heavy (non-hydrogen) atoms. The van der Waals surface area contributed by atoms with Gasteiger partial charge in [0.1, 0.15) is 0 Å². The fourth-order valence-electron chi connectivity index (χ4n) is 1.18. The van der Waals surface area contributed by atoms with E-state index in [2.05, 4.69) is 26.1 Å². The van der Waals surface area contributed by atoms with Crippen LogP contribution in [0.25, 0.3) is 0 Å². The number of hydrazine groups is 1. The second-order valence-corrected chi connectivity index (χ2v) is 5.91. The van der Waals surface area contributed by atoms with Gasteiger partial charge in [-0.05, 0) is 19.4 Å². The van der Waals surface area contributed by atoms with Crippen molar-refractivity contribution >= 4 is 21.8 Å². The van der Waals surface area contributed by atoms with Crippen molar-refractivity contribution in [3.63, 3.8) is 0 Å². The van der Waals surface area contributed by atoms with Crippen molar-refractivity contribution in [3.05, 3.63) is 11.8 Å². The zero-order valence-corrected chi connectivity index (χ0v) is 11.8. The molecule has 0 aromatic carbocycles. The number of anilines is 1. The van der Waals surface area contributed by atoms with E-state index in [9.17, 15) is 13.2 Å². The number of sulfone groups is 1. The van der Waals surface area contributed by atoms with Crippen LogP contribution in [0, 0.1) is 6.92 Å². The van der Waals surface area contributed by atoms with Crippen molar-refractivity contribution in [2.75, 3.05) is 18.2 Å². The number of carbonyl (C=O) groups excluding carboxylic acids is 1. The van der Waals surface area contributed by atoms with Gasteiger partial charge in [-0.1, -0.05) is 6.92 Å². The lowest BCUT2D eigenvalue weighted by atomic mass is 10.5. The molecular formula is C10H17N5O3S. The van der Waals surface area contributed by atoms with E-state index in [0.29, 0.717) is 12.2 Å². The quantitative estimate of drug-likeness (QED) is 0.527. The Morgan fingerprint density at radius 3 is 2.63 bits per heavy atom. The first-order valence-electron chi connectivity index (χ1n) is 5.68. The summed E-state index contributed by atoms with van der Waals surface area (Å²) in [6, 6.07) is 0.922. The average Bonchev–Trinajstić information content (AvgIpc) is 2.32. The molecule has 1 aromatic heterocycles. The topological polar surface area (TPSA) is 113 Å². The van der Waals surface area contributed by atoms with Crippen molar-refractivity contribution in [2.45, 2.75) is 25.3 Å². The van der Waals surface area contributed by atoms with E-state index in [1.807, 2.05) is 6.92 Å². The predicted molar refractivity (Wildman–Crippen MR) is 70.3 cm³/mol. The first-order valence-corrected chi connectivity index (χ1v) is 7.57. The minimum absolute atomic E-state index is 0.0204. The molecule has 0 saturated heterocycles. The zero-order chi connectivity index (χ0) is 14.5. The van der Waals surface area contributed by atoms with Crippen LogP contribution in [0.5, 0.6) is 0 Å². The zero-order valence-electron chi connectivity index (χ0n) is 11.0. The van der Waals surface area contributed by atoms with E-state index in [1.165, 1.54) is 6.07 Å². The summed E-state index contributed by atoms with van der Waals surface area (Å²) in [5.74, 6) is 0.0204. The Morgan fingerprint density at radius 2 is 2.05 bits per heavy atom. The summed E-state index contributed by atoms with van der Waals surface area (Å²) in [5, 5.41) is 2.48. The van der Waals surface area contributed by atoms with E-state index < -0.39 is 15.9 Å². The van der Waals surface area contributed by atoms with Crippen LogP contribution in [-0.4, -0.2) is 37.2 Å². The normalized spacial score (nSPS) is 10.9. The number of aryl methyl sites for hydroxylation is 1. The minimum Gasteiger partial charge on any atom is -0.337 e. The van der Waals surface area contributed by atoms with Gasteiger partial charge in [0, 0.05) is 18.5 Å². The first kappa shape index (κ1) is 15.2. The molecule has 3 N–H and O–H groups in total. The summed E-state index contributed by atoms with van der Waals surface area (Å²) in [5.41, 5.74) is 5.26. The molecule has 106 valence electrons. The Kier molecular flexibility index (Phi) is 5.04. The summed E-state index contributed by atoms with van der Waals surface area (Å²) in [6.45, 7) is 4.10. The van der Waals surface area contributed by atoms with Crippen molar-refractivity contribution in [3.8, 4) is 0 Å². The molecule has 1 heterocycles. The second kappa shape index (κ2) is 6.32. The number of hydrogen-bond donors (Lipinski definition) is 3. The Morgan fingerprint density at radius 1 is 1.37 bits per heavy atom. The summed E-state index contributed by atoms with van der Waals surface area (Å²) >= 11 is 0. The molecular weight excluding hydrogens is 270 g/mol. The van der Waals surface area contributed by atoms with Crippen LogP contribution in [-0.2, 0) is 9.84 Å². The van der Waals surface area contributed by atoms with Gasteiger partial charge in [0.25, 0.3) is 0 Å². The molecule has 0 aliphatic rings. The number of urea groups is 1. The Bertz CT molecular complexity index is 558. The van der Waals surface area contributed by atoms with Gasteiger partial charge in [-0.15, -0.1) is 0 Å². The van der Waals surface area contributed by atoms with E-state index in [1.54, 1.807) is 6.92 Å². The molecule has 0 atom stereocenters. The predicted octanol–water partition coefficient (Wildman–Crippen LogP) is 0.225. The van der Waals surface area contributed by atoms with E-state index in [-0.39, 0.29) is 11.0 Å². The number of amides is 2. The van der Waals surface area contributed by atoms with Crippen LogP contribution < -0.4 is 16.2 Å². The number of hydrogen-bond acceptors (Lipinski definition) is 6. The van der Waals surface area contributed by atoms with Crippen molar-refractivity contribution < 1.29 is 13.2 Å². The average molecular weight is 287 g/mol. The standard InChI is InChI=1S/C10H17N5O3S/c1-4-5-11-10(16)15-14-9-12-7(2)6-8(13-9)19(3,17)18/h6H,4-5H2,1-3H3,(H2,11,15,16)(H,12,13,14). The molecule has 0 radical (unpaired) electrons. The van der Waals surface area contributed by atoms with Crippen LogP contribution >= 0.6 is 0 Å². The van der Waals surface area contributed by atoms with Crippen molar-refractivity contribution in [2.24, 2.45) is 0 Å². The van der Waals surface area contributed by atoms with Gasteiger partial charge in [-0.3, -0.25) is 5.43 Å². The Balaban J connectivity index is 2.74. The van der Waals surface area contributed by atoms with Gasteiger partial charge in [0.2, 0.25) is 5.95 Å². The SMILES string of the molecule is CCCNC(=O)NNc1nc(C)cc(S(C)(=O)=O)n1. The van der Waals surface area contributed by atoms with E-state index in [0.717, 1.165) is 12.7 Å². The summed E-state index contributed by atoms with van der Waals surface area (Å²) < 4.78 is 22.8. The van der Waals surface area contributed by atoms with Gasteiger partial charge in [-0.2, -0.15) is 4.98 Å². The fourth-order valence-corrected chi connectivity index (χ4v) is 1.82. The monoisotopic (exact) mass is 287 g/mol. The highest BCUT2D eigenvalue weighted by Gasteiger charge is 2.12. The molecule has 1 rings (SSSR count). The molecule has 0 spiro atoms. The molecule has 8 nitrogen and oxygen atoms in total. The fraction of sp³-hybridized carbons (Fsp3) is 0.500. The molecule has 0 aliphatic heterocycles. The third-order valence-electron chi connectivity index (χ3n) is 2.03. The lowest BCUT2D eigenvalue weighted by molar-refractivity contribution is 0.242. The molecule has 1 aromatic rings. The lowest BCUT2D eigenvalue weighted by Crippen LogP contribution is -2.39. The lowest BCUT2D eigenvalue weighted by Gasteiger charge is -2.09. The highest BCUT2D eigenvalue weighted by atomic mass is 32.2. The van der Waals surface area contributed by atoms with E-state index >= 15 is 0 Å². The molecule has 0 aliphatic carbocycles. The highest BCUT2D eigenvalue weighted by molar-refractivity contribution is 7.90. The highest BCUT2D eigenvalue weighted by Crippen LogP contribution is 2.09. The number of aromatic nitrogens is 2. The van der Waals surface area contributed by atoms with Gasteiger partial charge < -0.3 is 5.32 Å². The first-order chi connectivity index (χ1) is 8.82. The second-order valence-electron chi connectivity index (χ2n) is 3.95. The van der Waals surface area contributed by atoms with Gasteiger partial charge in [0.15, 0.2) is 14.9 Å². The maximum Gasteiger partial charge on any atom is 0.333 e. The smallest absolute Gasteiger partial charge is 0.333 e. The van der Waals surface area contributed by atoms with Gasteiger partial charge in [0.05, 0.1) is 0 Å². The van der Waals surface area contributed by atoms with Gasteiger partial charge >= 0.3 is 6.03 Å². The number of rotatable bonds is 5. The minimum atomic E-state index is -3.42. The maximum atomic E-state index is 11.4. The summed E-state index contributed by atoms with van der Waals surface area (Å²) in [6.07, 6.45) is 1.87. The van der Waals surface area contributed by atoms with Crippen LogP contribution in [0.4, 0.5) is 10.7 Å². The third-order valence-corrected chi connectivity index (χ3v) is 3.00. The van der Waals surface area contributed by atoms with Crippen molar-refractivity contribution in [1.29, 1.82) is 0 Å². The van der Waals surface area contributed by atoms with Crippen LogP contribution in [0.1, 0.15) is 19.0 Å². The summed E-state index contributed by atoms with van der Waals surface area (Å²) in [7, 11) is -3.42. The summed E-state index contributed by atoms with van der Waals surface area (Å²) in [4.78, 5) is 19.1. The van der Waals surface area contributed by atoms with Gasteiger partial charge in [-0.25, -0.2) is 23.6 Å². The molecule has 0 unspecified atom stereocenters. The number of carbonyl (C=O) groups is 1. The molecule has 9 heteroatoms. The molecule has 0 bridgehead atoms. The van der Waals surface area contributed by atoms with E-state index in [4.69, 9.17) is 0 Å². The molecule has 2 amide bonds. The Labute approximate surface area is 111 Å². The number of nitrogens with zero attached hydrogens (tertiary/aromatic N) is 2. The molecule has 0 fully saturated rings. The van der Waals surface area contributed by atoms with Crippen LogP contribution in [0.3, 0.4) is 0 Å². The number of nitrogens with one attached hydrogen (secondary N) is 3. The van der Waals surface area contributed by atoms with Crippen LogP contribution in [0.2, 0.25) is 0 Å². The van der Waals surface area contributed by atoms with Crippen LogP contribution in [0.15, 0.2) is 11.1 Å². The molecule has 0 saturated carbocycles. The third kappa shape index (κ3) is 5.08. The van der Waals surface area contributed by atoms with Crippen molar-refractivity contribution in [1.82, 2.24) is 20.7 Å². The Hall–Kier alpha value is -1.90. The maximum absolute atomic E-state index is 11.4. The largest absolute Gasteiger partial charge is 0.337 e.